The molecule has 1 rings (SSSR count). The first-order valence-corrected chi connectivity index (χ1v) is 6.22. The van der Waals surface area contributed by atoms with Crippen molar-refractivity contribution in [3.05, 3.63) is 35.4 Å². The maximum Gasteiger partial charge on any atom is 0.323 e. The number of carbonyl (C=O) groups excluding carboxylic acids is 2. The highest BCUT2D eigenvalue weighted by molar-refractivity contribution is 5.96. The van der Waals surface area contributed by atoms with E-state index in [2.05, 4.69) is 11.2 Å². The predicted octanol–water partition coefficient (Wildman–Crippen LogP) is 0.483. The third-order valence-electron chi connectivity index (χ3n) is 2.64. The van der Waals surface area contributed by atoms with Crippen molar-refractivity contribution < 1.29 is 19.5 Å². The van der Waals surface area contributed by atoms with Gasteiger partial charge in [-0.15, -0.1) is 6.42 Å². The molecule has 21 heavy (non-hydrogen) atoms. The van der Waals surface area contributed by atoms with Gasteiger partial charge in [0, 0.05) is 19.0 Å². The lowest BCUT2D eigenvalue weighted by Crippen LogP contribution is -2.36. The lowest BCUT2D eigenvalue weighted by Gasteiger charge is -2.18. The van der Waals surface area contributed by atoms with Crippen LogP contribution in [-0.4, -0.2) is 40.9 Å². The number of nitrogens with one attached hydrogen (secondary N) is 1. The van der Waals surface area contributed by atoms with Crippen LogP contribution < -0.4 is 5.32 Å². The standard InChI is InChI=1S/C15H16N2O4/c1-3-8-17(10-14(19)20)15(21)13-6-4-12(5-7-13)9-16-11(2)18/h1,4-7H,8-10H2,2H3,(H,16,18)(H,19,20). The Hall–Kier alpha value is -2.81. The number of nitrogens with zero attached hydrogens (tertiary/aromatic N) is 1. The van der Waals surface area contributed by atoms with Crippen molar-refractivity contribution in [3.63, 3.8) is 0 Å². The molecule has 2 N–H and O–H groups in total. The normalized spacial score (nSPS) is 9.52. The van der Waals surface area contributed by atoms with Crippen LogP contribution in [0.1, 0.15) is 22.8 Å². The van der Waals surface area contributed by atoms with Gasteiger partial charge in [-0.05, 0) is 17.7 Å². The highest BCUT2D eigenvalue weighted by Gasteiger charge is 2.17. The number of carboxylic acid groups (broad SMARTS) is 1. The third kappa shape index (κ3) is 5.37. The summed E-state index contributed by atoms with van der Waals surface area (Å²) in [6.45, 7) is 1.27. The minimum absolute atomic E-state index is 0.0707. The number of terminal acetylenes is 1. The number of aliphatic carboxylic acids is 1. The van der Waals surface area contributed by atoms with Crippen LogP contribution in [0.5, 0.6) is 0 Å². The second-order valence-electron chi connectivity index (χ2n) is 4.37. The molecular weight excluding hydrogens is 272 g/mol. The van der Waals surface area contributed by atoms with E-state index in [1.165, 1.54) is 6.92 Å². The van der Waals surface area contributed by atoms with E-state index in [0.29, 0.717) is 12.1 Å². The average molecular weight is 288 g/mol. The van der Waals surface area contributed by atoms with Gasteiger partial charge in [0.05, 0.1) is 6.54 Å². The molecule has 0 fully saturated rings. The number of hydrogen-bond donors (Lipinski definition) is 2. The van der Waals surface area contributed by atoms with E-state index < -0.39 is 18.4 Å². The Bertz CT molecular complexity index is 572. The van der Waals surface area contributed by atoms with Crippen LogP contribution >= 0.6 is 0 Å². The molecule has 0 saturated carbocycles. The Morgan fingerprint density at radius 1 is 1.29 bits per heavy atom. The van der Waals surface area contributed by atoms with E-state index in [1.54, 1.807) is 24.3 Å². The molecule has 1 aromatic rings. The summed E-state index contributed by atoms with van der Waals surface area (Å²) >= 11 is 0. The van der Waals surface area contributed by atoms with Crippen molar-refractivity contribution in [3.8, 4) is 12.3 Å². The molecule has 0 aliphatic carbocycles. The van der Waals surface area contributed by atoms with Gasteiger partial charge in [0.2, 0.25) is 5.91 Å². The second-order valence-corrected chi connectivity index (χ2v) is 4.37. The van der Waals surface area contributed by atoms with Gasteiger partial charge >= 0.3 is 5.97 Å². The number of benzene rings is 1. The minimum atomic E-state index is -1.12. The van der Waals surface area contributed by atoms with Gasteiger partial charge in [0.1, 0.15) is 6.54 Å². The first-order valence-electron chi connectivity index (χ1n) is 6.22. The van der Waals surface area contributed by atoms with Gasteiger partial charge in [-0.3, -0.25) is 14.4 Å². The Balaban J connectivity index is 2.79. The topological polar surface area (TPSA) is 86.7 Å². The molecule has 0 spiro atoms. The van der Waals surface area contributed by atoms with Gasteiger partial charge in [-0.1, -0.05) is 18.1 Å². The fraction of sp³-hybridized carbons (Fsp3) is 0.267. The molecule has 0 atom stereocenters. The van der Waals surface area contributed by atoms with Crippen LogP contribution in [-0.2, 0) is 16.1 Å². The van der Waals surface area contributed by atoms with Gasteiger partial charge < -0.3 is 15.3 Å². The van der Waals surface area contributed by atoms with Crippen LogP contribution in [0.15, 0.2) is 24.3 Å². The quantitative estimate of drug-likeness (QED) is 0.746. The lowest BCUT2D eigenvalue weighted by molar-refractivity contribution is -0.137. The molecule has 2 amide bonds. The van der Waals surface area contributed by atoms with E-state index in [-0.39, 0.29) is 12.5 Å². The molecule has 110 valence electrons. The van der Waals surface area contributed by atoms with E-state index in [9.17, 15) is 14.4 Å². The summed E-state index contributed by atoms with van der Waals surface area (Å²) in [6.07, 6.45) is 5.14. The van der Waals surface area contributed by atoms with Crippen molar-refractivity contribution in [2.75, 3.05) is 13.1 Å². The van der Waals surface area contributed by atoms with Crippen LogP contribution in [0, 0.1) is 12.3 Å². The zero-order valence-corrected chi connectivity index (χ0v) is 11.6. The van der Waals surface area contributed by atoms with Crippen molar-refractivity contribution >= 4 is 17.8 Å². The van der Waals surface area contributed by atoms with Crippen molar-refractivity contribution in [2.45, 2.75) is 13.5 Å². The number of amides is 2. The zero-order valence-electron chi connectivity index (χ0n) is 11.6. The van der Waals surface area contributed by atoms with Crippen LogP contribution in [0.4, 0.5) is 0 Å². The molecule has 0 aromatic heterocycles. The van der Waals surface area contributed by atoms with Gasteiger partial charge in [-0.2, -0.15) is 0 Å². The van der Waals surface area contributed by atoms with Crippen LogP contribution in [0.25, 0.3) is 0 Å². The molecule has 1 aromatic carbocycles. The van der Waals surface area contributed by atoms with Crippen LogP contribution in [0.3, 0.4) is 0 Å². The predicted molar refractivity (Wildman–Crippen MR) is 76.3 cm³/mol. The minimum Gasteiger partial charge on any atom is -0.480 e. The number of carboxylic acids is 1. The molecule has 0 bridgehead atoms. The fourth-order valence-corrected chi connectivity index (χ4v) is 1.65. The van der Waals surface area contributed by atoms with Crippen molar-refractivity contribution in [2.24, 2.45) is 0 Å². The molecule has 6 nitrogen and oxygen atoms in total. The smallest absolute Gasteiger partial charge is 0.323 e. The second kappa shape index (κ2) is 7.70. The third-order valence-corrected chi connectivity index (χ3v) is 2.64. The maximum atomic E-state index is 12.1. The molecule has 0 saturated heterocycles. The SMILES string of the molecule is C#CCN(CC(=O)O)C(=O)c1ccc(CNC(C)=O)cc1. The molecule has 0 aliphatic rings. The lowest BCUT2D eigenvalue weighted by atomic mass is 10.1. The Morgan fingerprint density at radius 3 is 2.38 bits per heavy atom. The number of rotatable bonds is 6. The Kier molecular flexibility index (Phi) is 5.96. The zero-order chi connectivity index (χ0) is 15.8. The molecular formula is C15H16N2O4. The summed E-state index contributed by atoms with van der Waals surface area (Å²) in [5.74, 6) is 0.553. The van der Waals surface area contributed by atoms with Gasteiger partial charge in [0.25, 0.3) is 5.91 Å². The van der Waals surface area contributed by atoms with Gasteiger partial charge in [0.15, 0.2) is 0 Å². The van der Waals surface area contributed by atoms with E-state index in [0.717, 1.165) is 10.5 Å². The first kappa shape index (κ1) is 16.2. The van der Waals surface area contributed by atoms with E-state index in [1.807, 2.05) is 0 Å². The summed E-state index contributed by atoms with van der Waals surface area (Å²) in [6, 6.07) is 6.53. The fourth-order valence-electron chi connectivity index (χ4n) is 1.65. The van der Waals surface area contributed by atoms with Gasteiger partial charge in [-0.25, -0.2) is 0 Å². The monoisotopic (exact) mass is 288 g/mol. The molecule has 6 heteroatoms. The number of hydrogen-bond acceptors (Lipinski definition) is 3. The van der Waals surface area contributed by atoms with E-state index in [4.69, 9.17) is 11.5 Å². The highest BCUT2D eigenvalue weighted by atomic mass is 16.4. The Morgan fingerprint density at radius 2 is 1.90 bits per heavy atom. The summed E-state index contributed by atoms with van der Waals surface area (Å²) in [5, 5.41) is 11.4. The molecule has 0 heterocycles. The highest BCUT2D eigenvalue weighted by Crippen LogP contribution is 2.08. The molecule has 0 unspecified atom stereocenters. The van der Waals surface area contributed by atoms with E-state index >= 15 is 0 Å². The Labute approximate surface area is 122 Å². The largest absolute Gasteiger partial charge is 0.480 e. The first-order chi connectivity index (χ1) is 9.93. The average Bonchev–Trinajstić information content (AvgIpc) is 2.44. The van der Waals surface area contributed by atoms with Crippen molar-refractivity contribution in [1.29, 1.82) is 0 Å². The number of carbonyl (C=O) groups is 3. The summed E-state index contributed by atoms with van der Waals surface area (Å²) in [4.78, 5) is 34.8. The molecule has 0 radical (unpaired) electrons. The summed E-state index contributed by atoms with van der Waals surface area (Å²) in [5.41, 5.74) is 1.18. The molecule has 0 aliphatic heterocycles. The van der Waals surface area contributed by atoms with Crippen LogP contribution in [0.2, 0.25) is 0 Å². The summed E-state index contributed by atoms with van der Waals surface area (Å²) < 4.78 is 0. The maximum absolute atomic E-state index is 12.1. The summed E-state index contributed by atoms with van der Waals surface area (Å²) in [7, 11) is 0. The van der Waals surface area contributed by atoms with Crippen molar-refractivity contribution in [1.82, 2.24) is 10.2 Å².